The second kappa shape index (κ2) is 4.53. The summed E-state index contributed by atoms with van der Waals surface area (Å²) in [6, 6.07) is 5.63. The molecule has 4 nitrogen and oxygen atoms in total. The van der Waals surface area contributed by atoms with Gasteiger partial charge in [-0.25, -0.2) is 4.39 Å². The lowest BCUT2D eigenvalue weighted by Crippen LogP contribution is -2.44. The van der Waals surface area contributed by atoms with Crippen molar-refractivity contribution in [3.63, 3.8) is 0 Å². The molecule has 0 saturated carbocycles. The van der Waals surface area contributed by atoms with Crippen molar-refractivity contribution in [3.05, 3.63) is 35.6 Å². The molecule has 1 heterocycles. The monoisotopic (exact) mass is 237 g/mol. The lowest BCUT2D eigenvalue weighted by molar-refractivity contribution is -0.149. The molecule has 1 saturated heterocycles. The minimum Gasteiger partial charge on any atom is -0.481 e. The molecule has 90 valence electrons. The van der Waals surface area contributed by atoms with Crippen LogP contribution in [0, 0.1) is 11.7 Å². The van der Waals surface area contributed by atoms with Crippen LogP contribution in [0.15, 0.2) is 24.3 Å². The summed E-state index contributed by atoms with van der Waals surface area (Å²) >= 11 is 0. The number of carbonyl (C=O) groups is 2. The fourth-order valence-corrected chi connectivity index (χ4v) is 2.16. The van der Waals surface area contributed by atoms with E-state index in [-0.39, 0.29) is 11.7 Å². The Hall–Kier alpha value is -1.91. The molecule has 1 aliphatic heterocycles. The summed E-state index contributed by atoms with van der Waals surface area (Å²) in [5.74, 6) is -3.47. The Labute approximate surface area is 97.4 Å². The summed E-state index contributed by atoms with van der Waals surface area (Å²) in [5.41, 5.74) is 0.689. The Bertz CT molecular complexity index is 444. The number of carboxylic acid groups (broad SMARTS) is 1. The highest BCUT2D eigenvalue weighted by Crippen LogP contribution is 2.31. The van der Waals surface area contributed by atoms with E-state index in [2.05, 4.69) is 5.32 Å². The van der Waals surface area contributed by atoms with Gasteiger partial charge in [0, 0.05) is 12.5 Å². The highest BCUT2D eigenvalue weighted by molar-refractivity contribution is 5.98. The third kappa shape index (κ3) is 2.27. The Balaban J connectivity index is 2.31. The first kappa shape index (κ1) is 11.6. The van der Waals surface area contributed by atoms with Crippen molar-refractivity contribution >= 4 is 11.9 Å². The van der Waals surface area contributed by atoms with Crippen LogP contribution in [0.2, 0.25) is 0 Å². The van der Waals surface area contributed by atoms with E-state index in [1.54, 1.807) is 0 Å². The van der Waals surface area contributed by atoms with Crippen LogP contribution in [0.5, 0.6) is 0 Å². The van der Waals surface area contributed by atoms with Crippen molar-refractivity contribution in [2.75, 3.05) is 6.54 Å². The first-order valence-electron chi connectivity index (χ1n) is 5.35. The zero-order chi connectivity index (χ0) is 12.4. The van der Waals surface area contributed by atoms with Crippen molar-refractivity contribution < 1.29 is 19.1 Å². The van der Waals surface area contributed by atoms with Crippen molar-refractivity contribution in [1.29, 1.82) is 0 Å². The number of nitrogens with one attached hydrogen (secondary N) is 1. The van der Waals surface area contributed by atoms with Gasteiger partial charge in [-0.3, -0.25) is 9.59 Å². The molecular formula is C12H12FNO3. The van der Waals surface area contributed by atoms with E-state index in [1.165, 1.54) is 24.3 Å². The average molecular weight is 237 g/mol. The van der Waals surface area contributed by atoms with Crippen LogP contribution in [-0.4, -0.2) is 23.5 Å². The number of halogens is 1. The average Bonchev–Trinajstić information content (AvgIpc) is 2.29. The molecule has 0 bridgehead atoms. The number of piperidine rings is 1. The van der Waals surface area contributed by atoms with Gasteiger partial charge >= 0.3 is 5.97 Å². The summed E-state index contributed by atoms with van der Waals surface area (Å²) in [6.45, 7) is 0.449. The van der Waals surface area contributed by atoms with Gasteiger partial charge in [-0.2, -0.15) is 0 Å². The van der Waals surface area contributed by atoms with Gasteiger partial charge in [0.25, 0.3) is 0 Å². The van der Waals surface area contributed by atoms with E-state index >= 15 is 0 Å². The first-order chi connectivity index (χ1) is 8.09. The van der Waals surface area contributed by atoms with Gasteiger partial charge in [0.1, 0.15) is 11.7 Å². The maximum atomic E-state index is 12.8. The number of hydrogen-bond donors (Lipinski definition) is 2. The summed E-state index contributed by atoms with van der Waals surface area (Å²) < 4.78 is 12.8. The molecule has 1 aliphatic rings. The second-order valence-electron chi connectivity index (χ2n) is 4.05. The molecule has 0 aromatic heterocycles. The zero-order valence-corrected chi connectivity index (χ0v) is 9.02. The molecule has 0 radical (unpaired) electrons. The summed E-state index contributed by atoms with van der Waals surface area (Å²) in [7, 11) is 0. The minimum atomic E-state index is -1.14. The van der Waals surface area contributed by atoms with Gasteiger partial charge in [-0.15, -0.1) is 0 Å². The van der Waals surface area contributed by atoms with E-state index in [1.807, 2.05) is 0 Å². The molecule has 5 heteroatoms. The summed E-state index contributed by atoms with van der Waals surface area (Å²) in [5, 5.41) is 11.6. The molecule has 2 N–H and O–H groups in total. The Kier molecular flexibility index (Phi) is 3.08. The molecule has 1 amide bonds. The standard InChI is InChI=1S/C12H12FNO3/c13-8-3-1-7(2-4-8)9-5-6-14-11(15)10(9)12(16)17/h1-4,9-10H,5-6H2,(H,14,15)(H,16,17). The molecule has 1 aromatic rings. The van der Waals surface area contributed by atoms with E-state index in [9.17, 15) is 14.0 Å². The van der Waals surface area contributed by atoms with Gasteiger partial charge in [-0.1, -0.05) is 12.1 Å². The van der Waals surface area contributed by atoms with E-state index in [4.69, 9.17) is 5.11 Å². The third-order valence-corrected chi connectivity index (χ3v) is 3.00. The molecule has 1 fully saturated rings. The van der Waals surface area contributed by atoms with Crippen molar-refractivity contribution in [2.24, 2.45) is 5.92 Å². The molecule has 0 aliphatic carbocycles. The first-order valence-corrected chi connectivity index (χ1v) is 5.35. The van der Waals surface area contributed by atoms with Gasteiger partial charge < -0.3 is 10.4 Å². The largest absolute Gasteiger partial charge is 0.481 e. The quantitative estimate of drug-likeness (QED) is 0.758. The van der Waals surface area contributed by atoms with Crippen LogP contribution >= 0.6 is 0 Å². The maximum absolute atomic E-state index is 12.8. The SMILES string of the molecule is O=C(O)C1C(=O)NCCC1c1ccc(F)cc1. The number of benzene rings is 1. The Morgan fingerprint density at radius 2 is 2.00 bits per heavy atom. The van der Waals surface area contributed by atoms with Crippen molar-refractivity contribution in [1.82, 2.24) is 5.32 Å². The summed E-state index contributed by atoms with van der Waals surface area (Å²) in [4.78, 5) is 22.6. The molecule has 0 spiro atoms. The molecule has 2 rings (SSSR count). The highest BCUT2D eigenvalue weighted by atomic mass is 19.1. The van der Waals surface area contributed by atoms with Crippen LogP contribution < -0.4 is 5.32 Å². The predicted octanol–water partition coefficient (Wildman–Crippen LogP) is 1.13. The second-order valence-corrected chi connectivity index (χ2v) is 4.05. The molecule has 2 atom stereocenters. The van der Waals surface area contributed by atoms with Crippen LogP contribution in [-0.2, 0) is 9.59 Å². The maximum Gasteiger partial charge on any atom is 0.316 e. The van der Waals surface area contributed by atoms with E-state index in [0.29, 0.717) is 18.5 Å². The number of carboxylic acids is 1. The minimum absolute atomic E-state index is 0.374. The van der Waals surface area contributed by atoms with Crippen molar-refractivity contribution in [2.45, 2.75) is 12.3 Å². The van der Waals surface area contributed by atoms with Crippen LogP contribution in [0.25, 0.3) is 0 Å². The van der Waals surface area contributed by atoms with Crippen LogP contribution in [0.1, 0.15) is 17.9 Å². The summed E-state index contributed by atoms with van der Waals surface area (Å²) in [6.07, 6.45) is 0.550. The normalized spacial score (nSPS) is 24.2. The van der Waals surface area contributed by atoms with E-state index < -0.39 is 17.8 Å². The smallest absolute Gasteiger partial charge is 0.316 e. The molecular weight excluding hydrogens is 225 g/mol. The molecule has 17 heavy (non-hydrogen) atoms. The Morgan fingerprint density at radius 3 is 2.59 bits per heavy atom. The fraction of sp³-hybridized carbons (Fsp3) is 0.333. The topological polar surface area (TPSA) is 66.4 Å². The number of hydrogen-bond acceptors (Lipinski definition) is 2. The number of amides is 1. The van der Waals surface area contributed by atoms with E-state index in [0.717, 1.165) is 0 Å². The third-order valence-electron chi connectivity index (χ3n) is 3.00. The van der Waals surface area contributed by atoms with Gasteiger partial charge in [-0.05, 0) is 24.1 Å². The van der Waals surface area contributed by atoms with Gasteiger partial charge in [0.15, 0.2) is 0 Å². The molecule has 1 aromatic carbocycles. The lowest BCUT2D eigenvalue weighted by atomic mass is 9.81. The van der Waals surface area contributed by atoms with Gasteiger partial charge in [0.2, 0.25) is 5.91 Å². The van der Waals surface area contributed by atoms with Crippen molar-refractivity contribution in [3.8, 4) is 0 Å². The Morgan fingerprint density at radius 1 is 1.35 bits per heavy atom. The predicted molar refractivity (Wildman–Crippen MR) is 57.9 cm³/mol. The number of rotatable bonds is 2. The van der Waals surface area contributed by atoms with Crippen LogP contribution in [0.3, 0.4) is 0 Å². The van der Waals surface area contributed by atoms with Gasteiger partial charge in [0.05, 0.1) is 0 Å². The molecule has 2 unspecified atom stereocenters. The highest BCUT2D eigenvalue weighted by Gasteiger charge is 2.38. The number of aliphatic carboxylic acids is 1. The van der Waals surface area contributed by atoms with Crippen LogP contribution in [0.4, 0.5) is 4.39 Å². The number of carbonyl (C=O) groups excluding carboxylic acids is 1. The fourth-order valence-electron chi connectivity index (χ4n) is 2.16. The zero-order valence-electron chi connectivity index (χ0n) is 9.02. The lowest BCUT2D eigenvalue weighted by Gasteiger charge is -2.28.